The van der Waals surface area contributed by atoms with Gasteiger partial charge in [0.05, 0.1) is 6.33 Å². The van der Waals surface area contributed by atoms with Gasteiger partial charge in [0.25, 0.3) is 0 Å². The van der Waals surface area contributed by atoms with E-state index in [4.69, 9.17) is 6.42 Å². The number of hydrogen-bond acceptors (Lipinski definition) is 1. The van der Waals surface area contributed by atoms with Crippen molar-refractivity contribution < 1.29 is 0 Å². The zero-order valence-electron chi connectivity index (χ0n) is 4.66. The van der Waals surface area contributed by atoms with Crippen molar-refractivity contribution in [3.05, 3.63) is 18.7 Å². The van der Waals surface area contributed by atoms with Crippen LogP contribution in [0.15, 0.2) is 18.7 Å². The number of imidazole rings is 1. The molecule has 3 heteroatoms. The van der Waals surface area contributed by atoms with E-state index in [1.807, 2.05) is 10.8 Å². The van der Waals surface area contributed by atoms with Crippen molar-refractivity contribution in [2.45, 2.75) is 4.05 Å². The largest absolute Gasteiger partial charge is 0.314 e. The molecule has 1 rings (SSSR count). The van der Waals surface area contributed by atoms with E-state index in [1.54, 1.807) is 12.5 Å². The van der Waals surface area contributed by atoms with E-state index in [1.165, 1.54) is 0 Å². The summed E-state index contributed by atoms with van der Waals surface area (Å²) in [5.74, 6) is 2.58. The Morgan fingerprint density at radius 1 is 1.78 bits per heavy atom. The van der Waals surface area contributed by atoms with Gasteiger partial charge in [0.1, 0.15) is 4.05 Å². The molecular weight excluding hydrogens is 227 g/mol. The zero-order chi connectivity index (χ0) is 6.69. The van der Waals surface area contributed by atoms with E-state index in [0.29, 0.717) is 0 Å². The van der Waals surface area contributed by atoms with Crippen LogP contribution < -0.4 is 0 Å². The van der Waals surface area contributed by atoms with Crippen molar-refractivity contribution in [2.75, 3.05) is 0 Å². The van der Waals surface area contributed by atoms with Crippen LogP contribution in [0, 0.1) is 12.3 Å². The minimum absolute atomic E-state index is 0.0881. The molecule has 0 spiro atoms. The highest BCUT2D eigenvalue weighted by Crippen LogP contribution is 2.11. The Morgan fingerprint density at radius 3 is 3.00 bits per heavy atom. The van der Waals surface area contributed by atoms with Crippen LogP contribution in [-0.4, -0.2) is 9.55 Å². The normalized spacial score (nSPS) is 12.4. The third-order valence-corrected chi connectivity index (χ3v) is 1.93. The molecule has 1 aromatic heterocycles. The van der Waals surface area contributed by atoms with E-state index < -0.39 is 0 Å². The fraction of sp³-hybridized carbons (Fsp3) is 0.167. The van der Waals surface area contributed by atoms with Crippen LogP contribution in [0.3, 0.4) is 0 Å². The third kappa shape index (κ3) is 1.45. The minimum Gasteiger partial charge on any atom is -0.314 e. The number of halogens is 1. The van der Waals surface area contributed by atoms with Gasteiger partial charge in [-0.2, -0.15) is 0 Å². The molecule has 0 fully saturated rings. The Balaban J connectivity index is 2.80. The molecule has 0 aliphatic heterocycles. The van der Waals surface area contributed by atoms with E-state index in [0.717, 1.165) is 0 Å². The topological polar surface area (TPSA) is 17.8 Å². The first-order valence-corrected chi connectivity index (χ1v) is 3.67. The molecule has 0 aliphatic rings. The molecule has 0 N–H and O–H groups in total. The summed E-state index contributed by atoms with van der Waals surface area (Å²) in [5.41, 5.74) is 0. The average Bonchev–Trinajstić information content (AvgIpc) is 2.37. The molecule has 1 aromatic rings. The molecule has 2 nitrogen and oxygen atoms in total. The van der Waals surface area contributed by atoms with E-state index in [9.17, 15) is 0 Å². The summed E-state index contributed by atoms with van der Waals surface area (Å²) >= 11 is 2.15. The molecule has 1 heterocycles. The summed E-state index contributed by atoms with van der Waals surface area (Å²) in [6.07, 6.45) is 10.4. The minimum atomic E-state index is 0.0881. The maximum Gasteiger partial charge on any atom is 0.147 e. The second-order valence-corrected chi connectivity index (χ2v) is 2.69. The summed E-state index contributed by atoms with van der Waals surface area (Å²) in [7, 11) is 0. The van der Waals surface area contributed by atoms with Gasteiger partial charge in [-0.1, -0.05) is 5.92 Å². The van der Waals surface area contributed by atoms with E-state index in [-0.39, 0.29) is 4.05 Å². The molecule has 0 amide bonds. The Bertz CT molecular complexity index is 209. The number of aromatic nitrogens is 2. The summed E-state index contributed by atoms with van der Waals surface area (Å²) in [4.78, 5) is 3.85. The highest BCUT2D eigenvalue weighted by Gasteiger charge is 1.96. The smallest absolute Gasteiger partial charge is 0.147 e. The van der Waals surface area contributed by atoms with Crippen molar-refractivity contribution >= 4 is 22.6 Å². The highest BCUT2D eigenvalue weighted by molar-refractivity contribution is 14.1. The number of alkyl halides is 1. The summed E-state index contributed by atoms with van der Waals surface area (Å²) in [6.45, 7) is 0. The summed E-state index contributed by atoms with van der Waals surface area (Å²) in [5, 5.41) is 0. The third-order valence-electron chi connectivity index (χ3n) is 0.924. The number of nitrogens with zero attached hydrogens (tertiary/aromatic N) is 2. The Kier molecular flexibility index (Phi) is 2.11. The van der Waals surface area contributed by atoms with E-state index in [2.05, 4.69) is 33.5 Å². The number of terminal acetylenes is 1. The van der Waals surface area contributed by atoms with Crippen LogP contribution in [0.1, 0.15) is 4.05 Å². The van der Waals surface area contributed by atoms with Crippen LogP contribution in [0.4, 0.5) is 0 Å². The first kappa shape index (κ1) is 6.62. The van der Waals surface area contributed by atoms with Crippen molar-refractivity contribution in [1.82, 2.24) is 9.55 Å². The first-order valence-electron chi connectivity index (χ1n) is 2.42. The lowest BCUT2D eigenvalue weighted by Crippen LogP contribution is -1.93. The molecule has 0 aliphatic carbocycles. The van der Waals surface area contributed by atoms with Gasteiger partial charge < -0.3 is 4.57 Å². The summed E-state index contributed by atoms with van der Waals surface area (Å²) in [6, 6.07) is 0. The van der Waals surface area contributed by atoms with Gasteiger partial charge in [-0.05, 0) is 22.6 Å². The van der Waals surface area contributed by atoms with E-state index >= 15 is 0 Å². The molecule has 0 saturated carbocycles. The molecule has 46 valence electrons. The standard InChI is InChI=1S/C6H5IN2/c1-2-6(7)9-4-3-8-5-9/h1,3-6H. The molecular formula is C6H5IN2. The fourth-order valence-electron chi connectivity index (χ4n) is 0.490. The van der Waals surface area contributed by atoms with Crippen molar-refractivity contribution in [2.24, 2.45) is 0 Å². The molecule has 1 atom stereocenters. The predicted molar refractivity (Wildman–Crippen MR) is 44.1 cm³/mol. The zero-order valence-corrected chi connectivity index (χ0v) is 6.82. The Hall–Kier alpha value is -0.500. The number of rotatable bonds is 1. The number of hydrogen-bond donors (Lipinski definition) is 0. The predicted octanol–water partition coefficient (Wildman–Crippen LogP) is 1.45. The van der Waals surface area contributed by atoms with Gasteiger partial charge in [0, 0.05) is 12.4 Å². The van der Waals surface area contributed by atoms with Crippen LogP contribution in [-0.2, 0) is 0 Å². The van der Waals surface area contributed by atoms with Crippen LogP contribution in [0.5, 0.6) is 0 Å². The lowest BCUT2D eigenvalue weighted by molar-refractivity contribution is 0.846. The second kappa shape index (κ2) is 2.87. The Labute approximate surface area is 67.4 Å². The quantitative estimate of drug-likeness (QED) is 0.407. The second-order valence-electron chi connectivity index (χ2n) is 1.51. The monoisotopic (exact) mass is 232 g/mol. The maximum absolute atomic E-state index is 5.16. The maximum atomic E-state index is 5.16. The fourth-order valence-corrected chi connectivity index (χ4v) is 0.819. The highest BCUT2D eigenvalue weighted by atomic mass is 127. The lowest BCUT2D eigenvalue weighted by atomic mass is 10.6. The van der Waals surface area contributed by atoms with Gasteiger partial charge in [-0.3, -0.25) is 0 Å². The molecule has 0 radical (unpaired) electrons. The lowest BCUT2D eigenvalue weighted by Gasteiger charge is -1.99. The van der Waals surface area contributed by atoms with Crippen LogP contribution >= 0.6 is 22.6 Å². The summed E-state index contributed by atoms with van der Waals surface area (Å²) < 4.78 is 1.95. The molecule has 0 saturated heterocycles. The van der Waals surface area contributed by atoms with Crippen molar-refractivity contribution in [1.29, 1.82) is 0 Å². The van der Waals surface area contributed by atoms with Crippen LogP contribution in [0.25, 0.3) is 0 Å². The molecule has 0 aromatic carbocycles. The first-order chi connectivity index (χ1) is 4.34. The molecule has 0 bridgehead atoms. The van der Waals surface area contributed by atoms with Gasteiger partial charge in [0.15, 0.2) is 0 Å². The van der Waals surface area contributed by atoms with Gasteiger partial charge in [-0.25, -0.2) is 4.98 Å². The molecule has 9 heavy (non-hydrogen) atoms. The van der Waals surface area contributed by atoms with Crippen molar-refractivity contribution in [3.63, 3.8) is 0 Å². The SMILES string of the molecule is C#CC(I)n1ccnc1. The molecule has 1 unspecified atom stereocenters. The van der Waals surface area contributed by atoms with Gasteiger partial charge in [0.2, 0.25) is 0 Å². The Morgan fingerprint density at radius 2 is 2.56 bits per heavy atom. The van der Waals surface area contributed by atoms with Crippen LogP contribution in [0.2, 0.25) is 0 Å². The van der Waals surface area contributed by atoms with Gasteiger partial charge in [-0.15, -0.1) is 6.42 Å². The average molecular weight is 232 g/mol. The van der Waals surface area contributed by atoms with Crippen molar-refractivity contribution in [3.8, 4) is 12.3 Å². The van der Waals surface area contributed by atoms with Gasteiger partial charge >= 0.3 is 0 Å².